The lowest BCUT2D eigenvalue weighted by atomic mass is 9.84. The predicted molar refractivity (Wildman–Crippen MR) is 66.8 cm³/mol. The third-order valence-corrected chi connectivity index (χ3v) is 4.50. The maximum Gasteiger partial charge on any atom is 0.308 e. The number of hydrogen-bond acceptors (Lipinski definition) is 3. The molecule has 2 bridgehead atoms. The van der Waals surface area contributed by atoms with Crippen molar-refractivity contribution in [1.29, 1.82) is 0 Å². The maximum absolute atomic E-state index is 11.8. The molecule has 0 heterocycles. The fourth-order valence-corrected chi connectivity index (χ4v) is 3.48. The number of nitrogens with one attached hydrogen (secondary N) is 1. The Kier molecular flexibility index (Phi) is 3.90. The highest BCUT2D eigenvalue weighted by atomic mass is 16.4. The first-order valence-electron chi connectivity index (χ1n) is 6.80. The van der Waals surface area contributed by atoms with Crippen LogP contribution >= 0.6 is 0 Å². The Hall–Kier alpha value is -1.10. The fraction of sp³-hybridized carbons (Fsp3) is 0.846. The monoisotopic (exact) mass is 254 g/mol. The number of amides is 1. The summed E-state index contributed by atoms with van der Waals surface area (Å²) < 4.78 is 0. The molecule has 5 nitrogen and oxygen atoms in total. The van der Waals surface area contributed by atoms with E-state index in [1.54, 1.807) is 0 Å². The number of fused-ring (bicyclic) bond motifs is 2. The molecule has 18 heavy (non-hydrogen) atoms. The normalized spacial score (nSPS) is 35.4. The Morgan fingerprint density at radius 3 is 2.67 bits per heavy atom. The van der Waals surface area contributed by atoms with Gasteiger partial charge in [-0.3, -0.25) is 9.59 Å². The second-order valence-corrected chi connectivity index (χ2v) is 5.66. The smallest absolute Gasteiger partial charge is 0.308 e. The van der Waals surface area contributed by atoms with Gasteiger partial charge in [0, 0.05) is 18.5 Å². The standard InChI is InChI=1S/C13H22N2O3/c1-2-9(14)6-10(16)15-12-8-4-3-7(5-8)11(12)13(17)18/h7-9,11-12H,2-6,14H2,1H3,(H,15,16)(H,17,18). The number of aliphatic carboxylic acids is 1. The first-order valence-corrected chi connectivity index (χ1v) is 6.80. The molecule has 5 heteroatoms. The van der Waals surface area contributed by atoms with Gasteiger partial charge >= 0.3 is 5.97 Å². The number of hydrogen-bond donors (Lipinski definition) is 3. The van der Waals surface area contributed by atoms with Gasteiger partial charge in [-0.25, -0.2) is 0 Å². The summed E-state index contributed by atoms with van der Waals surface area (Å²) in [5.74, 6) is -0.679. The van der Waals surface area contributed by atoms with Crippen molar-refractivity contribution in [3.8, 4) is 0 Å². The van der Waals surface area contributed by atoms with Gasteiger partial charge in [-0.1, -0.05) is 6.92 Å². The van der Waals surface area contributed by atoms with Crippen LogP contribution in [0.2, 0.25) is 0 Å². The van der Waals surface area contributed by atoms with Crippen LogP contribution in [0.5, 0.6) is 0 Å². The van der Waals surface area contributed by atoms with Crippen LogP contribution in [0.3, 0.4) is 0 Å². The van der Waals surface area contributed by atoms with E-state index in [1.165, 1.54) is 0 Å². The minimum Gasteiger partial charge on any atom is -0.481 e. The third kappa shape index (κ3) is 2.51. The summed E-state index contributed by atoms with van der Waals surface area (Å²) in [6.07, 6.45) is 4.02. The number of rotatable bonds is 5. The van der Waals surface area contributed by atoms with Crippen molar-refractivity contribution in [2.45, 2.75) is 51.1 Å². The van der Waals surface area contributed by atoms with E-state index in [4.69, 9.17) is 5.73 Å². The predicted octanol–water partition coefficient (Wildman–Crippen LogP) is 0.729. The van der Waals surface area contributed by atoms with Crippen molar-refractivity contribution < 1.29 is 14.7 Å². The number of carboxylic acids is 1. The molecule has 102 valence electrons. The topological polar surface area (TPSA) is 92.4 Å². The quantitative estimate of drug-likeness (QED) is 0.674. The molecule has 4 N–H and O–H groups in total. The van der Waals surface area contributed by atoms with E-state index in [2.05, 4.69) is 5.32 Å². The molecule has 5 atom stereocenters. The lowest BCUT2D eigenvalue weighted by Gasteiger charge is -2.29. The van der Waals surface area contributed by atoms with Crippen LogP contribution in [0.25, 0.3) is 0 Å². The van der Waals surface area contributed by atoms with Gasteiger partial charge in [0.05, 0.1) is 5.92 Å². The SMILES string of the molecule is CCC(N)CC(=O)NC1C2CCC(C2)C1C(=O)O. The molecular weight excluding hydrogens is 232 g/mol. The van der Waals surface area contributed by atoms with Gasteiger partial charge in [0.2, 0.25) is 5.91 Å². The zero-order chi connectivity index (χ0) is 13.3. The molecular formula is C13H22N2O3. The van der Waals surface area contributed by atoms with Gasteiger partial charge in [-0.15, -0.1) is 0 Å². The molecule has 0 aliphatic heterocycles. The molecule has 0 saturated heterocycles. The molecule has 2 aliphatic rings. The van der Waals surface area contributed by atoms with E-state index in [0.29, 0.717) is 5.92 Å². The summed E-state index contributed by atoms with van der Waals surface area (Å²) in [7, 11) is 0. The van der Waals surface area contributed by atoms with E-state index >= 15 is 0 Å². The summed E-state index contributed by atoms with van der Waals surface area (Å²) in [5, 5.41) is 12.2. The molecule has 0 spiro atoms. The highest BCUT2D eigenvalue weighted by Gasteiger charge is 2.51. The zero-order valence-corrected chi connectivity index (χ0v) is 10.8. The summed E-state index contributed by atoms with van der Waals surface area (Å²) >= 11 is 0. The molecule has 0 aromatic heterocycles. The van der Waals surface area contributed by atoms with Gasteiger partial charge in [0.1, 0.15) is 0 Å². The Morgan fingerprint density at radius 2 is 2.06 bits per heavy atom. The van der Waals surface area contributed by atoms with Crippen molar-refractivity contribution in [3.05, 3.63) is 0 Å². The van der Waals surface area contributed by atoms with E-state index < -0.39 is 11.9 Å². The van der Waals surface area contributed by atoms with Crippen molar-refractivity contribution in [2.24, 2.45) is 23.5 Å². The number of nitrogens with two attached hydrogens (primary N) is 1. The molecule has 0 radical (unpaired) electrons. The molecule has 2 rings (SSSR count). The van der Waals surface area contributed by atoms with Gasteiger partial charge in [0.25, 0.3) is 0 Å². The summed E-state index contributed by atoms with van der Waals surface area (Å²) in [5.41, 5.74) is 5.74. The molecule has 0 aromatic rings. The molecule has 2 aliphatic carbocycles. The summed E-state index contributed by atoms with van der Waals surface area (Å²) in [4.78, 5) is 23.1. The second kappa shape index (κ2) is 5.26. The maximum atomic E-state index is 11.8. The van der Waals surface area contributed by atoms with Crippen LogP contribution in [0.15, 0.2) is 0 Å². The summed E-state index contributed by atoms with van der Waals surface area (Å²) in [6.45, 7) is 1.94. The highest BCUT2D eigenvalue weighted by molar-refractivity contribution is 5.79. The second-order valence-electron chi connectivity index (χ2n) is 5.66. The van der Waals surface area contributed by atoms with Crippen molar-refractivity contribution in [1.82, 2.24) is 5.32 Å². The van der Waals surface area contributed by atoms with Crippen LogP contribution in [-0.4, -0.2) is 29.1 Å². The minimum absolute atomic E-state index is 0.104. The Labute approximate surface area is 107 Å². The van der Waals surface area contributed by atoms with Crippen molar-refractivity contribution >= 4 is 11.9 Å². The Morgan fingerprint density at radius 1 is 1.39 bits per heavy atom. The van der Waals surface area contributed by atoms with Gasteiger partial charge < -0.3 is 16.2 Å². The number of carbonyl (C=O) groups is 2. The molecule has 5 unspecified atom stereocenters. The minimum atomic E-state index is -0.771. The largest absolute Gasteiger partial charge is 0.481 e. The zero-order valence-electron chi connectivity index (χ0n) is 10.8. The third-order valence-electron chi connectivity index (χ3n) is 4.50. The van der Waals surface area contributed by atoms with E-state index in [0.717, 1.165) is 25.7 Å². The first-order chi connectivity index (χ1) is 8.52. The lowest BCUT2D eigenvalue weighted by Crippen LogP contribution is -2.47. The van der Waals surface area contributed by atoms with Gasteiger partial charge in [-0.05, 0) is 37.5 Å². The molecule has 0 aromatic carbocycles. The average Bonchev–Trinajstić information content (AvgIpc) is 2.88. The van der Waals surface area contributed by atoms with Crippen LogP contribution < -0.4 is 11.1 Å². The Balaban J connectivity index is 1.95. The highest BCUT2D eigenvalue weighted by Crippen LogP contribution is 2.48. The average molecular weight is 254 g/mol. The van der Waals surface area contributed by atoms with E-state index in [9.17, 15) is 14.7 Å². The van der Waals surface area contributed by atoms with Gasteiger partial charge in [-0.2, -0.15) is 0 Å². The van der Waals surface area contributed by atoms with Crippen molar-refractivity contribution in [3.63, 3.8) is 0 Å². The number of carbonyl (C=O) groups excluding carboxylic acids is 1. The van der Waals surface area contributed by atoms with Crippen LogP contribution in [-0.2, 0) is 9.59 Å². The molecule has 2 fully saturated rings. The lowest BCUT2D eigenvalue weighted by molar-refractivity contribution is -0.144. The molecule has 1 amide bonds. The van der Waals surface area contributed by atoms with Crippen LogP contribution in [0, 0.1) is 17.8 Å². The van der Waals surface area contributed by atoms with Crippen molar-refractivity contribution in [2.75, 3.05) is 0 Å². The van der Waals surface area contributed by atoms with Crippen LogP contribution in [0.4, 0.5) is 0 Å². The summed E-state index contributed by atoms with van der Waals surface area (Å²) in [6, 6.07) is -0.315. The first kappa shape index (κ1) is 13.3. The van der Waals surface area contributed by atoms with Gasteiger partial charge in [0.15, 0.2) is 0 Å². The van der Waals surface area contributed by atoms with Crippen LogP contribution in [0.1, 0.15) is 39.0 Å². The Bertz CT molecular complexity index is 345. The fourth-order valence-electron chi connectivity index (χ4n) is 3.48. The van der Waals surface area contributed by atoms with E-state index in [-0.39, 0.29) is 30.3 Å². The number of carboxylic acid groups (broad SMARTS) is 1. The molecule has 2 saturated carbocycles. The van der Waals surface area contributed by atoms with E-state index in [1.807, 2.05) is 6.92 Å².